The molecule has 0 saturated carbocycles. The van der Waals surface area contributed by atoms with E-state index in [1.165, 1.54) is 36.0 Å². The van der Waals surface area contributed by atoms with E-state index in [9.17, 15) is 24.6 Å². The lowest BCUT2D eigenvalue weighted by molar-refractivity contribution is -0.135. The average molecular weight is 526 g/mol. The number of cyclic esters (lactones) is 1. The van der Waals surface area contributed by atoms with Crippen LogP contribution < -0.4 is 20.3 Å². The number of amides is 3. The Kier molecular flexibility index (Phi) is 6.82. The normalized spacial score (nSPS) is 18.6. The fourth-order valence-corrected chi connectivity index (χ4v) is 4.88. The number of carbonyl (C=O) groups excluding carboxylic acids is 3. The number of aliphatic hydroxyl groups is 2. The molecule has 192 valence electrons. The highest BCUT2D eigenvalue weighted by molar-refractivity contribution is 8.00. The highest BCUT2D eigenvalue weighted by atomic mass is 32.2. The van der Waals surface area contributed by atoms with E-state index in [1.54, 1.807) is 24.3 Å². The fraction of sp³-hybridized carbons (Fsp3) is 0.292. The van der Waals surface area contributed by atoms with E-state index >= 15 is 0 Å². The van der Waals surface area contributed by atoms with Crippen molar-refractivity contribution in [1.29, 1.82) is 0 Å². The van der Waals surface area contributed by atoms with Gasteiger partial charge in [-0.05, 0) is 30.3 Å². The molecule has 1 saturated heterocycles. The standard InChI is InChI=1S/C24H23N5O7S/c1-35-19-5-3-15-20(28-19)14(6-7-25-15)21(31)22(32)23(33)26-9-13-10-29(24(34)36-13)12-2-4-17-16(8-12)27-18(30)11-37-17/h2-8,13,21-22,31-32H,9-11H2,1H3,(H,26,33)(H,27,30)/t13?,21-,22+/m0/s1. The van der Waals surface area contributed by atoms with Crippen LogP contribution in [0.4, 0.5) is 16.2 Å². The van der Waals surface area contributed by atoms with E-state index in [0.717, 1.165) is 4.90 Å². The van der Waals surface area contributed by atoms with Gasteiger partial charge in [-0.1, -0.05) is 0 Å². The first-order valence-corrected chi connectivity index (χ1v) is 12.3. The third kappa shape index (κ3) is 5.01. The number of ether oxygens (including phenoxy) is 2. The number of hydrogen-bond acceptors (Lipinski definition) is 10. The minimum absolute atomic E-state index is 0.0778. The van der Waals surface area contributed by atoms with Crippen molar-refractivity contribution >= 4 is 52.1 Å². The molecule has 4 heterocycles. The maximum absolute atomic E-state index is 12.6. The van der Waals surface area contributed by atoms with E-state index in [2.05, 4.69) is 20.6 Å². The Hall–Kier alpha value is -3.94. The zero-order valence-corrected chi connectivity index (χ0v) is 20.4. The molecule has 2 aliphatic heterocycles. The van der Waals surface area contributed by atoms with Crippen molar-refractivity contribution in [2.24, 2.45) is 0 Å². The SMILES string of the molecule is COc1ccc2nccc([C@H](O)[C@@H](O)C(=O)NCC3CN(c4ccc5c(c4)NC(=O)CS5)C(=O)O3)c2n1. The molecule has 2 aliphatic rings. The van der Waals surface area contributed by atoms with Crippen molar-refractivity contribution in [3.05, 3.63) is 48.2 Å². The minimum Gasteiger partial charge on any atom is -0.481 e. The van der Waals surface area contributed by atoms with Crippen LogP contribution in [-0.2, 0) is 14.3 Å². The van der Waals surface area contributed by atoms with Crippen LogP contribution in [0.15, 0.2) is 47.5 Å². The molecule has 0 aliphatic carbocycles. The predicted molar refractivity (Wildman–Crippen MR) is 133 cm³/mol. The molecule has 37 heavy (non-hydrogen) atoms. The van der Waals surface area contributed by atoms with Gasteiger partial charge in [0.15, 0.2) is 6.10 Å². The van der Waals surface area contributed by atoms with E-state index in [0.29, 0.717) is 34.0 Å². The van der Waals surface area contributed by atoms with Gasteiger partial charge in [0, 0.05) is 28.4 Å². The number of fused-ring (bicyclic) bond motifs is 2. The van der Waals surface area contributed by atoms with Crippen LogP contribution in [0.2, 0.25) is 0 Å². The highest BCUT2D eigenvalue weighted by Crippen LogP contribution is 2.35. The number of anilines is 2. The molecule has 1 fully saturated rings. The number of methoxy groups -OCH3 is 1. The van der Waals surface area contributed by atoms with Crippen molar-refractivity contribution < 1.29 is 34.1 Å². The number of aliphatic hydroxyl groups excluding tert-OH is 2. The van der Waals surface area contributed by atoms with E-state index in [4.69, 9.17) is 9.47 Å². The number of benzene rings is 1. The second-order valence-electron chi connectivity index (χ2n) is 8.39. The number of hydrogen-bond donors (Lipinski definition) is 4. The summed E-state index contributed by atoms with van der Waals surface area (Å²) in [7, 11) is 1.45. The molecular weight excluding hydrogens is 502 g/mol. The highest BCUT2D eigenvalue weighted by Gasteiger charge is 2.34. The summed E-state index contributed by atoms with van der Waals surface area (Å²) in [5.74, 6) is -0.332. The van der Waals surface area contributed by atoms with Gasteiger partial charge < -0.3 is 30.3 Å². The summed E-state index contributed by atoms with van der Waals surface area (Å²) in [6.07, 6.45) is -3.24. The van der Waals surface area contributed by atoms with Crippen molar-refractivity contribution in [2.75, 3.05) is 36.2 Å². The van der Waals surface area contributed by atoms with Gasteiger partial charge in [-0.3, -0.25) is 19.5 Å². The summed E-state index contributed by atoms with van der Waals surface area (Å²) in [5, 5.41) is 26.5. The maximum atomic E-state index is 12.6. The van der Waals surface area contributed by atoms with Crippen LogP contribution in [0.1, 0.15) is 11.7 Å². The van der Waals surface area contributed by atoms with Gasteiger partial charge in [-0.2, -0.15) is 0 Å². The van der Waals surface area contributed by atoms with Gasteiger partial charge in [0.2, 0.25) is 11.8 Å². The lowest BCUT2D eigenvalue weighted by Crippen LogP contribution is -2.42. The van der Waals surface area contributed by atoms with Crippen LogP contribution in [0, 0.1) is 0 Å². The molecule has 4 N–H and O–H groups in total. The van der Waals surface area contributed by atoms with Gasteiger partial charge in [0.1, 0.15) is 12.2 Å². The van der Waals surface area contributed by atoms with Gasteiger partial charge >= 0.3 is 6.09 Å². The second-order valence-corrected chi connectivity index (χ2v) is 9.41. The number of thioether (sulfide) groups is 1. The monoisotopic (exact) mass is 525 g/mol. The Bertz CT molecular complexity index is 1390. The quantitative estimate of drug-likeness (QED) is 0.353. The molecule has 0 radical (unpaired) electrons. The summed E-state index contributed by atoms with van der Waals surface area (Å²) in [4.78, 5) is 47.5. The smallest absolute Gasteiger partial charge is 0.414 e. The molecule has 3 amide bonds. The zero-order valence-electron chi connectivity index (χ0n) is 19.6. The largest absolute Gasteiger partial charge is 0.481 e. The van der Waals surface area contributed by atoms with Gasteiger partial charge in [-0.25, -0.2) is 9.78 Å². The van der Waals surface area contributed by atoms with Crippen molar-refractivity contribution in [3.8, 4) is 5.88 Å². The molecule has 0 spiro atoms. The molecule has 3 atom stereocenters. The number of rotatable bonds is 7. The number of pyridine rings is 2. The van der Waals surface area contributed by atoms with E-state index in [1.807, 2.05) is 6.07 Å². The van der Waals surface area contributed by atoms with Crippen LogP contribution >= 0.6 is 11.8 Å². The number of nitrogens with one attached hydrogen (secondary N) is 2. The zero-order chi connectivity index (χ0) is 26.1. The molecule has 5 rings (SSSR count). The first-order chi connectivity index (χ1) is 17.8. The summed E-state index contributed by atoms with van der Waals surface area (Å²) in [6.45, 7) is 0.0713. The lowest BCUT2D eigenvalue weighted by Gasteiger charge is -2.20. The maximum Gasteiger partial charge on any atom is 0.414 e. The van der Waals surface area contributed by atoms with Crippen LogP contribution in [0.5, 0.6) is 5.88 Å². The number of nitrogens with zero attached hydrogens (tertiary/aromatic N) is 3. The summed E-state index contributed by atoms with van der Waals surface area (Å²) >= 11 is 1.41. The second kappa shape index (κ2) is 10.2. The van der Waals surface area contributed by atoms with E-state index < -0.39 is 30.3 Å². The third-order valence-electron chi connectivity index (χ3n) is 5.97. The molecule has 13 heteroatoms. The molecule has 1 aromatic carbocycles. The van der Waals surface area contributed by atoms with E-state index in [-0.39, 0.29) is 24.6 Å². The first-order valence-electron chi connectivity index (χ1n) is 11.3. The molecule has 0 bridgehead atoms. The first kappa shape index (κ1) is 24.7. The minimum atomic E-state index is -1.81. The summed E-state index contributed by atoms with van der Waals surface area (Å²) < 4.78 is 10.5. The predicted octanol–water partition coefficient (Wildman–Crippen LogP) is 1.22. The number of carbonyl (C=O) groups is 3. The van der Waals surface area contributed by atoms with Gasteiger partial charge in [0.05, 0.1) is 42.7 Å². The van der Waals surface area contributed by atoms with Gasteiger partial charge in [-0.15, -0.1) is 11.8 Å². The van der Waals surface area contributed by atoms with Crippen LogP contribution in [0.3, 0.4) is 0 Å². The third-order valence-corrected chi connectivity index (χ3v) is 7.04. The van der Waals surface area contributed by atoms with Gasteiger partial charge in [0.25, 0.3) is 5.91 Å². The van der Waals surface area contributed by atoms with Crippen LogP contribution in [-0.4, -0.2) is 76.2 Å². The Morgan fingerprint density at radius 3 is 2.95 bits per heavy atom. The summed E-state index contributed by atoms with van der Waals surface area (Å²) in [6, 6.07) is 10.0. The lowest BCUT2D eigenvalue weighted by atomic mass is 10.0. The van der Waals surface area contributed by atoms with Crippen molar-refractivity contribution in [2.45, 2.75) is 23.2 Å². The fourth-order valence-electron chi connectivity index (χ4n) is 4.09. The molecule has 2 aromatic heterocycles. The topological polar surface area (TPSA) is 163 Å². The molecule has 3 aromatic rings. The Morgan fingerprint density at radius 2 is 2.14 bits per heavy atom. The van der Waals surface area contributed by atoms with Crippen molar-refractivity contribution in [3.63, 3.8) is 0 Å². The average Bonchev–Trinajstić information content (AvgIpc) is 3.29. The Balaban J connectivity index is 1.22. The molecule has 1 unspecified atom stereocenters. The number of aromatic nitrogens is 2. The summed E-state index contributed by atoms with van der Waals surface area (Å²) in [5.41, 5.74) is 2.13. The Morgan fingerprint density at radius 1 is 1.30 bits per heavy atom. The van der Waals surface area contributed by atoms with Crippen LogP contribution in [0.25, 0.3) is 11.0 Å². The van der Waals surface area contributed by atoms with Crippen molar-refractivity contribution in [1.82, 2.24) is 15.3 Å². The molecular formula is C24H23N5O7S. The molecule has 12 nitrogen and oxygen atoms in total. The Labute approximate surface area is 215 Å².